The van der Waals surface area contributed by atoms with Crippen LogP contribution in [-0.2, 0) is 14.8 Å². The van der Waals surface area contributed by atoms with Crippen molar-refractivity contribution in [1.82, 2.24) is 4.72 Å². The number of nitrogens with one attached hydrogen (secondary N) is 2. The van der Waals surface area contributed by atoms with Gasteiger partial charge in [0, 0.05) is 24.7 Å². The Kier molecular flexibility index (Phi) is 6.80. The molecular formula is C14H22ClN3O3S. The van der Waals surface area contributed by atoms with Gasteiger partial charge in [0.15, 0.2) is 0 Å². The second-order valence-corrected chi connectivity index (χ2v) is 6.94. The van der Waals surface area contributed by atoms with E-state index in [0.717, 1.165) is 12.8 Å². The van der Waals surface area contributed by atoms with Crippen LogP contribution >= 0.6 is 12.4 Å². The minimum absolute atomic E-state index is 0. The van der Waals surface area contributed by atoms with Gasteiger partial charge in [-0.3, -0.25) is 4.79 Å². The van der Waals surface area contributed by atoms with Crippen LogP contribution in [0.5, 0.6) is 0 Å². The molecule has 0 radical (unpaired) electrons. The molecule has 1 aromatic carbocycles. The molecule has 1 aromatic rings. The van der Waals surface area contributed by atoms with Gasteiger partial charge in [0.2, 0.25) is 15.9 Å². The summed E-state index contributed by atoms with van der Waals surface area (Å²) in [7, 11) is -3.57. The van der Waals surface area contributed by atoms with Gasteiger partial charge in [0.1, 0.15) is 0 Å². The second-order valence-electron chi connectivity index (χ2n) is 5.23. The molecule has 1 amide bonds. The molecule has 0 aliphatic heterocycles. The summed E-state index contributed by atoms with van der Waals surface area (Å²) in [5, 5.41) is 2.68. The average Bonchev–Trinajstić information content (AvgIpc) is 3.30. The molecule has 0 aromatic heterocycles. The third-order valence-corrected chi connectivity index (χ3v) is 5.03. The molecule has 0 bridgehead atoms. The fourth-order valence-corrected chi connectivity index (χ4v) is 3.39. The second kappa shape index (κ2) is 7.92. The maximum atomic E-state index is 12.3. The van der Waals surface area contributed by atoms with E-state index in [1.165, 1.54) is 12.1 Å². The fraction of sp³-hybridized carbons (Fsp3) is 0.500. The van der Waals surface area contributed by atoms with E-state index < -0.39 is 10.0 Å². The van der Waals surface area contributed by atoms with Crippen LogP contribution in [0.15, 0.2) is 29.2 Å². The Hall–Kier alpha value is -1.15. The van der Waals surface area contributed by atoms with E-state index in [2.05, 4.69) is 10.0 Å². The molecule has 1 atom stereocenters. The van der Waals surface area contributed by atoms with Gasteiger partial charge in [-0.1, -0.05) is 6.92 Å². The van der Waals surface area contributed by atoms with Crippen LogP contribution in [0, 0.1) is 5.92 Å². The number of anilines is 1. The Balaban J connectivity index is 0.00000242. The molecular weight excluding hydrogens is 326 g/mol. The quantitative estimate of drug-likeness (QED) is 0.695. The predicted octanol–water partition coefficient (Wildman–Crippen LogP) is 1.47. The van der Waals surface area contributed by atoms with E-state index >= 15 is 0 Å². The molecule has 22 heavy (non-hydrogen) atoms. The van der Waals surface area contributed by atoms with Crippen molar-refractivity contribution in [1.29, 1.82) is 0 Å². The van der Waals surface area contributed by atoms with Crippen molar-refractivity contribution in [2.45, 2.75) is 37.1 Å². The standard InChI is InChI=1S/C14H21N3O3S.ClH/c1-2-14(18)16-11-5-7-12(8-6-11)21(19,20)17-13(9-15)10-3-4-10;/h5-8,10,13,17H,2-4,9,15H2,1H3,(H,16,18);1H. The Morgan fingerprint density at radius 3 is 2.36 bits per heavy atom. The van der Waals surface area contributed by atoms with Crippen LogP contribution in [0.25, 0.3) is 0 Å². The van der Waals surface area contributed by atoms with Crippen LogP contribution in [-0.4, -0.2) is 26.9 Å². The lowest BCUT2D eigenvalue weighted by atomic mass is 10.2. The first-order valence-electron chi connectivity index (χ1n) is 7.08. The lowest BCUT2D eigenvalue weighted by Crippen LogP contribution is -2.41. The maximum absolute atomic E-state index is 12.3. The van der Waals surface area contributed by atoms with E-state index in [-0.39, 0.29) is 29.3 Å². The number of nitrogens with two attached hydrogens (primary N) is 1. The van der Waals surface area contributed by atoms with E-state index in [1.807, 2.05) is 0 Å². The summed E-state index contributed by atoms with van der Waals surface area (Å²) in [5.74, 6) is 0.244. The van der Waals surface area contributed by atoms with Crippen molar-refractivity contribution in [3.63, 3.8) is 0 Å². The van der Waals surface area contributed by atoms with E-state index in [4.69, 9.17) is 5.73 Å². The summed E-state index contributed by atoms with van der Waals surface area (Å²) in [4.78, 5) is 11.5. The summed E-state index contributed by atoms with van der Waals surface area (Å²) in [6.07, 6.45) is 2.42. The minimum Gasteiger partial charge on any atom is -0.329 e. The zero-order chi connectivity index (χ0) is 15.5. The fourth-order valence-electron chi connectivity index (χ4n) is 2.07. The monoisotopic (exact) mass is 347 g/mol. The molecule has 124 valence electrons. The average molecular weight is 348 g/mol. The number of sulfonamides is 1. The smallest absolute Gasteiger partial charge is 0.240 e. The van der Waals surface area contributed by atoms with Crippen molar-refractivity contribution in [3.8, 4) is 0 Å². The Morgan fingerprint density at radius 2 is 1.91 bits per heavy atom. The largest absolute Gasteiger partial charge is 0.329 e. The summed E-state index contributed by atoms with van der Waals surface area (Å²) < 4.78 is 27.2. The number of benzene rings is 1. The van der Waals surface area contributed by atoms with Crippen LogP contribution in [0.2, 0.25) is 0 Å². The van der Waals surface area contributed by atoms with Crippen LogP contribution in [0.3, 0.4) is 0 Å². The van der Waals surface area contributed by atoms with E-state index in [9.17, 15) is 13.2 Å². The highest BCUT2D eigenvalue weighted by Crippen LogP contribution is 2.32. The predicted molar refractivity (Wildman–Crippen MR) is 88.5 cm³/mol. The SMILES string of the molecule is CCC(=O)Nc1ccc(S(=O)(=O)NC(CN)C2CC2)cc1.Cl. The lowest BCUT2D eigenvalue weighted by molar-refractivity contribution is -0.115. The molecule has 1 unspecified atom stereocenters. The van der Waals surface area contributed by atoms with Gasteiger partial charge in [0.05, 0.1) is 4.90 Å². The molecule has 1 aliphatic carbocycles. The Bertz CT molecular complexity index is 600. The van der Waals surface area contributed by atoms with Gasteiger partial charge >= 0.3 is 0 Å². The highest BCUT2D eigenvalue weighted by molar-refractivity contribution is 7.89. The third-order valence-electron chi connectivity index (χ3n) is 3.52. The maximum Gasteiger partial charge on any atom is 0.240 e. The van der Waals surface area contributed by atoms with Gasteiger partial charge in [-0.2, -0.15) is 0 Å². The van der Waals surface area contributed by atoms with Gasteiger partial charge < -0.3 is 11.1 Å². The number of carbonyl (C=O) groups excluding carboxylic acids is 1. The number of amides is 1. The van der Waals surface area contributed by atoms with Gasteiger partial charge in [0.25, 0.3) is 0 Å². The molecule has 0 saturated heterocycles. The van der Waals surface area contributed by atoms with Gasteiger partial charge in [-0.15, -0.1) is 12.4 Å². The first-order valence-corrected chi connectivity index (χ1v) is 8.57. The molecule has 4 N–H and O–H groups in total. The number of halogens is 1. The summed E-state index contributed by atoms with van der Waals surface area (Å²) >= 11 is 0. The van der Waals surface area contributed by atoms with Crippen molar-refractivity contribution < 1.29 is 13.2 Å². The lowest BCUT2D eigenvalue weighted by Gasteiger charge is -2.16. The summed E-state index contributed by atoms with van der Waals surface area (Å²) in [6, 6.07) is 5.92. The number of carbonyl (C=O) groups is 1. The Morgan fingerprint density at radius 1 is 1.32 bits per heavy atom. The topological polar surface area (TPSA) is 101 Å². The van der Waals surface area contributed by atoms with Crippen molar-refractivity contribution >= 4 is 34.0 Å². The summed E-state index contributed by atoms with van der Waals surface area (Å²) in [6.45, 7) is 2.05. The van der Waals surface area contributed by atoms with Crippen LogP contribution in [0.1, 0.15) is 26.2 Å². The minimum atomic E-state index is -3.57. The van der Waals surface area contributed by atoms with Crippen molar-refractivity contribution in [2.75, 3.05) is 11.9 Å². The van der Waals surface area contributed by atoms with Gasteiger partial charge in [-0.05, 0) is 43.0 Å². The van der Waals surface area contributed by atoms with Crippen LogP contribution in [0.4, 0.5) is 5.69 Å². The highest BCUT2D eigenvalue weighted by atomic mass is 35.5. The molecule has 1 fully saturated rings. The number of rotatable bonds is 7. The van der Waals surface area contributed by atoms with E-state index in [1.54, 1.807) is 19.1 Å². The van der Waals surface area contributed by atoms with Crippen molar-refractivity contribution in [3.05, 3.63) is 24.3 Å². The number of hydrogen-bond donors (Lipinski definition) is 3. The number of hydrogen-bond acceptors (Lipinski definition) is 4. The van der Waals surface area contributed by atoms with Crippen molar-refractivity contribution in [2.24, 2.45) is 11.7 Å². The molecule has 8 heteroatoms. The Labute approximate surface area is 137 Å². The normalized spacial score (nSPS) is 15.7. The van der Waals surface area contributed by atoms with E-state index in [0.29, 0.717) is 24.6 Å². The zero-order valence-electron chi connectivity index (χ0n) is 12.4. The molecule has 1 saturated carbocycles. The zero-order valence-corrected chi connectivity index (χ0v) is 14.0. The van der Waals surface area contributed by atoms with Gasteiger partial charge in [-0.25, -0.2) is 13.1 Å². The first kappa shape index (κ1) is 18.9. The molecule has 0 heterocycles. The molecule has 6 nitrogen and oxygen atoms in total. The summed E-state index contributed by atoms with van der Waals surface area (Å²) in [5.41, 5.74) is 6.20. The molecule has 0 spiro atoms. The molecule has 2 rings (SSSR count). The van der Waals surface area contributed by atoms with Crippen LogP contribution < -0.4 is 15.8 Å². The third kappa shape index (κ3) is 4.95. The highest BCUT2D eigenvalue weighted by Gasteiger charge is 2.33. The first-order chi connectivity index (χ1) is 9.96. The molecule has 1 aliphatic rings.